The van der Waals surface area contributed by atoms with E-state index in [0.29, 0.717) is 6.54 Å². The molecule has 5 nitrogen and oxygen atoms in total. The van der Waals surface area contributed by atoms with E-state index < -0.39 is 0 Å². The van der Waals surface area contributed by atoms with E-state index in [1.807, 2.05) is 12.1 Å². The number of hydrogen-bond donors (Lipinski definition) is 3. The van der Waals surface area contributed by atoms with Crippen LogP contribution in [0.25, 0.3) is 0 Å². The molecule has 1 aliphatic heterocycles. The molecular formula is C23H33N3O2+2. The van der Waals surface area contributed by atoms with Crippen molar-refractivity contribution in [2.75, 3.05) is 45.2 Å². The van der Waals surface area contributed by atoms with Gasteiger partial charge in [0.15, 0.2) is 6.54 Å². The van der Waals surface area contributed by atoms with Gasteiger partial charge < -0.3 is 19.9 Å². The molecule has 2 aromatic carbocycles. The highest BCUT2D eigenvalue weighted by Gasteiger charge is 2.25. The second-order valence-corrected chi connectivity index (χ2v) is 8.02. The van der Waals surface area contributed by atoms with E-state index in [2.05, 4.69) is 50.4 Å². The lowest BCUT2D eigenvalue weighted by Crippen LogP contribution is -3.28. The van der Waals surface area contributed by atoms with Crippen molar-refractivity contribution in [1.82, 2.24) is 0 Å². The Bertz CT molecular complexity index is 827. The van der Waals surface area contributed by atoms with Gasteiger partial charge in [0.1, 0.15) is 38.5 Å². The average Bonchev–Trinajstić information content (AvgIpc) is 2.66. The van der Waals surface area contributed by atoms with Gasteiger partial charge in [0.05, 0.1) is 7.11 Å². The van der Waals surface area contributed by atoms with Gasteiger partial charge in [0, 0.05) is 11.3 Å². The molecule has 150 valence electrons. The standard InChI is InChI=1S/C23H31N3O2/c1-17-5-8-22(28-4)20(13-17)15-25-9-11-26(12-10-25)16-23(27)24-21-7-6-18(2)19(3)14-21/h5-8,13-14H,9-12,15-16H2,1-4H3,(H,24,27)/p+2. The minimum atomic E-state index is 0.0991. The predicted molar refractivity (Wildman–Crippen MR) is 112 cm³/mol. The number of carbonyl (C=O) groups is 1. The largest absolute Gasteiger partial charge is 0.496 e. The highest BCUT2D eigenvalue weighted by molar-refractivity contribution is 5.91. The Balaban J connectivity index is 1.48. The lowest BCUT2D eigenvalue weighted by atomic mass is 10.1. The number of ether oxygens (including phenoxy) is 1. The number of methoxy groups -OCH3 is 1. The molecule has 0 unspecified atom stereocenters. The zero-order valence-electron chi connectivity index (χ0n) is 17.5. The molecule has 1 aliphatic rings. The molecule has 2 aromatic rings. The maximum atomic E-state index is 12.4. The summed E-state index contributed by atoms with van der Waals surface area (Å²) in [5.41, 5.74) is 5.88. The van der Waals surface area contributed by atoms with Crippen molar-refractivity contribution in [3.05, 3.63) is 58.7 Å². The quantitative estimate of drug-likeness (QED) is 0.682. The van der Waals surface area contributed by atoms with E-state index in [1.165, 1.54) is 27.2 Å². The molecule has 3 N–H and O–H groups in total. The number of rotatable bonds is 6. The maximum absolute atomic E-state index is 12.4. The third-order valence-electron chi connectivity index (χ3n) is 5.74. The zero-order valence-corrected chi connectivity index (χ0v) is 17.5. The topological polar surface area (TPSA) is 47.2 Å². The number of amides is 1. The Morgan fingerprint density at radius 3 is 2.36 bits per heavy atom. The number of benzene rings is 2. The van der Waals surface area contributed by atoms with Crippen LogP contribution in [0.3, 0.4) is 0 Å². The van der Waals surface area contributed by atoms with E-state index in [0.717, 1.165) is 44.2 Å². The fourth-order valence-electron chi connectivity index (χ4n) is 3.88. The van der Waals surface area contributed by atoms with Gasteiger partial charge in [-0.1, -0.05) is 17.7 Å². The SMILES string of the molecule is COc1ccc(C)cc1C[NH+]1CC[NH+](CC(=O)Nc2ccc(C)c(C)c2)CC1. The van der Waals surface area contributed by atoms with Crippen molar-refractivity contribution in [3.63, 3.8) is 0 Å². The number of anilines is 1. The van der Waals surface area contributed by atoms with E-state index in [9.17, 15) is 4.79 Å². The van der Waals surface area contributed by atoms with Gasteiger partial charge in [-0.05, 0) is 56.2 Å². The predicted octanol–water partition coefficient (Wildman–Crippen LogP) is 0.543. The van der Waals surface area contributed by atoms with Crippen LogP contribution in [0, 0.1) is 20.8 Å². The number of aryl methyl sites for hydroxylation is 3. The van der Waals surface area contributed by atoms with Crippen molar-refractivity contribution in [2.24, 2.45) is 0 Å². The first-order chi connectivity index (χ1) is 13.4. The normalized spacial score (nSPS) is 19.3. The summed E-state index contributed by atoms with van der Waals surface area (Å²) in [6.07, 6.45) is 0. The third-order valence-corrected chi connectivity index (χ3v) is 5.74. The molecule has 0 radical (unpaired) electrons. The first kappa shape index (κ1) is 20.4. The molecule has 0 aliphatic carbocycles. The molecule has 1 fully saturated rings. The first-order valence-electron chi connectivity index (χ1n) is 10.1. The van der Waals surface area contributed by atoms with E-state index in [-0.39, 0.29) is 5.91 Å². The van der Waals surface area contributed by atoms with E-state index in [4.69, 9.17) is 4.74 Å². The molecule has 1 heterocycles. The van der Waals surface area contributed by atoms with Crippen LogP contribution in [-0.4, -0.2) is 45.7 Å². The first-order valence-corrected chi connectivity index (χ1v) is 10.1. The average molecular weight is 384 g/mol. The van der Waals surface area contributed by atoms with Crippen molar-refractivity contribution in [2.45, 2.75) is 27.3 Å². The summed E-state index contributed by atoms with van der Waals surface area (Å²) in [5, 5.41) is 3.05. The molecular weight excluding hydrogens is 350 g/mol. The third kappa shape index (κ3) is 5.33. The zero-order chi connectivity index (χ0) is 20.1. The number of hydrogen-bond acceptors (Lipinski definition) is 2. The Morgan fingerprint density at radius 2 is 1.68 bits per heavy atom. The molecule has 28 heavy (non-hydrogen) atoms. The summed E-state index contributed by atoms with van der Waals surface area (Å²) in [6, 6.07) is 12.4. The fourth-order valence-corrected chi connectivity index (χ4v) is 3.88. The van der Waals surface area contributed by atoms with Crippen LogP contribution in [0.2, 0.25) is 0 Å². The second kappa shape index (κ2) is 9.22. The minimum Gasteiger partial charge on any atom is -0.496 e. The van der Waals surface area contributed by atoms with Gasteiger partial charge in [0.2, 0.25) is 0 Å². The van der Waals surface area contributed by atoms with Gasteiger partial charge in [-0.2, -0.15) is 0 Å². The molecule has 0 spiro atoms. The Labute approximate surface area is 168 Å². The van der Waals surface area contributed by atoms with Crippen molar-refractivity contribution < 1.29 is 19.3 Å². The lowest BCUT2D eigenvalue weighted by molar-refractivity contribution is -1.02. The van der Waals surface area contributed by atoms with Crippen molar-refractivity contribution in [3.8, 4) is 5.75 Å². The highest BCUT2D eigenvalue weighted by Crippen LogP contribution is 2.18. The van der Waals surface area contributed by atoms with Crippen molar-refractivity contribution >= 4 is 11.6 Å². The summed E-state index contributed by atoms with van der Waals surface area (Å²) in [4.78, 5) is 15.3. The smallest absolute Gasteiger partial charge is 0.279 e. The van der Waals surface area contributed by atoms with Crippen LogP contribution in [0.15, 0.2) is 36.4 Å². The van der Waals surface area contributed by atoms with Gasteiger partial charge in [0.25, 0.3) is 5.91 Å². The van der Waals surface area contributed by atoms with Crippen LogP contribution in [0.1, 0.15) is 22.3 Å². The summed E-state index contributed by atoms with van der Waals surface area (Å²) in [6.45, 7) is 12.0. The van der Waals surface area contributed by atoms with Gasteiger partial charge in [-0.3, -0.25) is 4.79 Å². The van der Waals surface area contributed by atoms with Crippen LogP contribution in [0.4, 0.5) is 5.69 Å². The molecule has 1 amide bonds. The number of quaternary nitrogens is 2. The van der Waals surface area contributed by atoms with Crippen molar-refractivity contribution in [1.29, 1.82) is 0 Å². The fraction of sp³-hybridized carbons (Fsp3) is 0.435. The Morgan fingerprint density at radius 1 is 0.964 bits per heavy atom. The maximum Gasteiger partial charge on any atom is 0.279 e. The summed E-state index contributed by atoms with van der Waals surface area (Å²) >= 11 is 0. The van der Waals surface area contributed by atoms with Gasteiger partial charge in [-0.15, -0.1) is 0 Å². The molecule has 5 heteroatoms. The number of carbonyl (C=O) groups excluding carboxylic acids is 1. The second-order valence-electron chi connectivity index (χ2n) is 8.02. The Kier molecular flexibility index (Phi) is 6.70. The molecule has 0 aromatic heterocycles. The van der Waals surface area contributed by atoms with Crippen LogP contribution < -0.4 is 19.9 Å². The summed E-state index contributed by atoms with van der Waals surface area (Å²) in [5.74, 6) is 1.07. The van der Waals surface area contributed by atoms with Gasteiger partial charge in [-0.25, -0.2) is 0 Å². The molecule has 1 saturated heterocycles. The molecule has 0 saturated carbocycles. The number of nitrogens with one attached hydrogen (secondary N) is 3. The van der Waals surface area contributed by atoms with Gasteiger partial charge >= 0.3 is 0 Å². The van der Waals surface area contributed by atoms with Crippen LogP contribution >= 0.6 is 0 Å². The Hall–Kier alpha value is -2.37. The van der Waals surface area contributed by atoms with E-state index >= 15 is 0 Å². The molecule has 0 bridgehead atoms. The minimum absolute atomic E-state index is 0.0991. The molecule has 3 rings (SSSR count). The number of piperazine rings is 1. The monoisotopic (exact) mass is 383 g/mol. The van der Waals surface area contributed by atoms with Crippen LogP contribution in [0.5, 0.6) is 5.75 Å². The summed E-state index contributed by atoms with van der Waals surface area (Å²) < 4.78 is 5.52. The highest BCUT2D eigenvalue weighted by atomic mass is 16.5. The lowest BCUT2D eigenvalue weighted by Gasteiger charge is -2.29. The van der Waals surface area contributed by atoms with E-state index in [1.54, 1.807) is 12.0 Å². The summed E-state index contributed by atoms with van der Waals surface area (Å²) in [7, 11) is 1.74. The molecule has 0 atom stereocenters. The van der Waals surface area contributed by atoms with Crippen LogP contribution in [-0.2, 0) is 11.3 Å².